The zero-order valence-corrected chi connectivity index (χ0v) is 13.0. The fraction of sp³-hybridized carbons (Fsp3) is 0.0625. The highest BCUT2D eigenvalue weighted by Crippen LogP contribution is 2.33. The minimum Gasteiger partial charge on any atom is -0.497 e. The quantitative estimate of drug-likeness (QED) is 0.619. The minimum absolute atomic E-state index is 0.423. The first-order valence-corrected chi connectivity index (χ1v) is 7.69. The van der Waals surface area contributed by atoms with Crippen molar-refractivity contribution in [2.75, 3.05) is 12.8 Å². The first-order chi connectivity index (χ1) is 11.2. The molecule has 0 atom stereocenters. The van der Waals surface area contributed by atoms with Gasteiger partial charge in [0.25, 0.3) is 0 Å². The van der Waals surface area contributed by atoms with Gasteiger partial charge in [-0.25, -0.2) is 4.98 Å². The molecule has 4 aromatic rings. The van der Waals surface area contributed by atoms with Crippen LogP contribution in [-0.4, -0.2) is 22.3 Å². The van der Waals surface area contributed by atoms with Crippen molar-refractivity contribution in [3.63, 3.8) is 0 Å². The number of fused-ring (bicyclic) bond motifs is 1. The van der Waals surface area contributed by atoms with Gasteiger partial charge in [-0.1, -0.05) is 17.4 Å². The number of hydrogen-bond acceptors (Lipinski definition) is 7. The first kappa shape index (κ1) is 13.7. The Morgan fingerprint density at radius 1 is 1.04 bits per heavy atom. The van der Waals surface area contributed by atoms with Gasteiger partial charge in [0.05, 0.1) is 22.9 Å². The summed E-state index contributed by atoms with van der Waals surface area (Å²) in [6.45, 7) is 0. The Bertz CT molecular complexity index is 975. The van der Waals surface area contributed by atoms with E-state index < -0.39 is 0 Å². The first-order valence-electron chi connectivity index (χ1n) is 6.88. The molecule has 7 heteroatoms. The normalized spacial score (nSPS) is 11.0. The molecule has 114 valence electrons. The molecule has 6 nitrogen and oxygen atoms in total. The summed E-state index contributed by atoms with van der Waals surface area (Å²) in [5.74, 6) is 1.64. The van der Waals surface area contributed by atoms with Crippen LogP contribution in [-0.2, 0) is 0 Å². The Morgan fingerprint density at radius 3 is 2.61 bits per heavy atom. The molecular formula is C16H12N4O2S. The highest BCUT2D eigenvalue weighted by Gasteiger charge is 2.15. The summed E-state index contributed by atoms with van der Waals surface area (Å²) in [7, 11) is 1.63. The van der Waals surface area contributed by atoms with Gasteiger partial charge in [-0.05, 0) is 36.4 Å². The van der Waals surface area contributed by atoms with Crippen molar-refractivity contribution >= 4 is 26.7 Å². The second kappa shape index (κ2) is 5.36. The molecule has 2 heterocycles. The Kier molecular flexibility index (Phi) is 3.20. The van der Waals surface area contributed by atoms with E-state index in [1.807, 2.05) is 42.5 Å². The lowest BCUT2D eigenvalue weighted by atomic mass is 10.2. The summed E-state index contributed by atoms with van der Waals surface area (Å²) in [6.07, 6.45) is 0. The van der Waals surface area contributed by atoms with Crippen LogP contribution >= 0.6 is 11.3 Å². The van der Waals surface area contributed by atoms with Crippen LogP contribution in [0.25, 0.3) is 33.1 Å². The third-order valence-electron chi connectivity index (χ3n) is 3.43. The van der Waals surface area contributed by atoms with Crippen LogP contribution < -0.4 is 10.5 Å². The zero-order valence-electron chi connectivity index (χ0n) is 12.2. The van der Waals surface area contributed by atoms with E-state index in [1.165, 1.54) is 11.3 Å². The number of nitrogen functional groups attached to an aromatic ring is 1. The van der Waals surface area contributed by atoms with Crippen LogP contribution in [0.15, 0.2) is 46.9 Å². The molecule has 0 saturated carbocycles. The summed E-state index contributed by atoms with van der Waals surface area (Å²) < 4.78 is 11.9. The van der Waals surface area contributed by atoms with Crippen LogP contribution in [0, 0.1) is 0 Å². The van der Waals surface area contributed by atoms with Crippen LogP contribution in [0.5, 0.6) is 5.75 Å². The lowest BCUT2D eigenvalue weighted by Crippen LogP contribution is -1.83. The van der Waals surface area contributed by atoms with Crippen LogP contribution in [0.2, 0.25) is 0 Å². The molecule has 0 saturated heterocycles. The average Bonchev–Trinajstić information content (AvgIpc) is 3.20. The number of nitrogens with two attached hydrogens (primary N) is 1. The van der Waals surface area contributed by atoms with E-state index in [2.05, 4.69) is 15.2 Å². The van der Waals surface area contributed by atoms with Gasteiger partial charge in [-0.3, -0.25) is 0 Å². The smallest absolute Gasteiger partial charge is 0.250 e. The SMILES string of the molecule is COc1ccc(-c2nnc(-c3cccc4sc(N)nc34)o2)cc1. The maximum atomic E-state index is 5.81. The molecule has 0 radical (unpaired) electrons. The van der Waals surface area contributed by atoms with Gasteiger partial charge in [-0.2, -0.15) is 0 Å². The molecule has 0 fully saturated rings. The van der Waals surface area contributed by atoms with Crippen molar-refractivity contribution in [2.24, 2.45) is 0 Å². The van der Waals surface area contributed by atoms with E-state index in [1.54, 1.807) is 7.11 Å². The third-order valence-corrected chi connectivity index (χ3v) is 4.28. The molecule has 4 rings (SSSR count). The maximum absolute atomic E-state index is 5.81. The van der Waals surface area contributed by atoms with Crippen molar-refractivity contribution < 1.29 is 9.15 Å². The number of ether oxygens (including phenoxy) is 1. The van der Waals surface area contributed by atoms with Crippen molar-refractivity contribution in [3.8, 4) is 28.7 Å². The molecule has 2 aromatic heterocycles. The highest BCUT2D eigenvalue weighted by molar-refractivity contribution is 7.22. The average molecular weight is 324 g/mol. The van der Waals surface area contributed by atoms with E-state index >= 15 is 0 Å². The largest absolute Gasteiger partial charge is 0.497 e. The Morgan fingerprint density at radius 2 is 1.83 bits per heavy atom. The number of hydrogen-bond donors (Lipinski definition) is 1. The fourth-order valence-corrected chi connectivity index (χ4v) is 3.08. The van der Waals surface area contributed by atoms with E-state index in [0.29, 0.717) is 16.9 Å². The van der Waals surface area contributed by atoms with Gasteiger partial charge >= 0.3 is 0 Å². The summed E-state index contributed by atoms with van der Waals surface area (Å²) >= 11 is 1.43. The lowest BCUT2D eigenvalue weighted by Gasteiger charge is -1.99. The molecule has 0 amide bonds. The van der Waals surface area contributed by atoms with Gasteiger partial charge < -0.3 is 14.9 Å². The van der Waals surface area contributed by atoms with Gasteiger partial charge in [0, 0.05) is 5.56 Å². The van der Waals surface area contributed by atoms with Gasteiger partial charge in [0.15, 0.2) is 5.13 Å². The summed E-state index contributed by atoms with van der Waals surface area (Å²) in [4.78, 5) is 4.35. The molecule has 0 spiro atoms. The number of rotatable bonds is 3. The predicted octanol–water partition coefficient (Wildman–Crippen LogP) is 3.60. The van der Waals surface area contributed by atoms with E-state index in [9.17, 15) is 0 Å². The van der Waals surface area contributed by atoms with Gasteiger partial charge in [0.2, 0.25) is 11.8 Å². The van der Waals surface area contributed by atoms with Crippen LogP contribution in [0.4, 0.5) is 5.13 Å². The third kappa shape index (κ3) is 2.40. The second-order valence-electron chi connectivity index (χ2n) is 4.85. The van der Waals surface area contributed by atoms with Crippen molar-refractivity contribution in [1.29, 1.82) is 0 Å². The number of methoxy groups -OCH3 is 1. The number of aromatic nitrogens is 3. The molecule has 2 aromatic carbocycles. The van der Waals surface area contributed by atoms with Crippen LogP contribution in [0.1, 0.15) is 0 Å². The molecular weight excluding hydrogens is 312 g/mol. The van der Waals surface area contributed by atoms with E-state index in [-0.39, 0.29) is 0 Å². The molecule has 0 unspecified atom stereocenters. The molecule has 23 heavy (non-hydrogen) atoms. The second-order valence-corrected chi connectivity index (χ2v) is 5.91. The predicted molar refractivity (Wildman–Crippen MR) is 89.3 cm³/mol. The van der Waals surface area contributed by atoms with Gasteiger partial charge in [0.1, 0.15) is 5.75 Å². The Labute approximate surface area is 135 Å². The van der Waals surface area contributed by atoms with E-state index in [0.717, 1.165) is 27.1 Å². The molecule has 0 bridgehead atoms. The summed E-state index contributed by atoms with van der Waals surface area (Å²) in [5, 5.41) is 8.78. The number of anilines is 1. The highest BCUT2D eigenvalue weighted by atomic mass is 32.1. The van der Waals surface area contributed by atoms with Gasteiger partial charge in [-0.15, -0.1) is 10.2 Å². The topological polar surface area (TPSA) is 87.1 Å². The molecule has 0 aliphatic rings. The fourth-order valence-electron chi connectivity index (χ4n) is 2.32. The Hall–Kier alpha value is -2.93. The van der Waals surface area contributed by atoms with Crippen molar-refractivity contribution in [3.05, 3.63) is 42.5 Å². The summed E-state index contributed by atoms with van der Waals surface area (Å²) in [5.41, 5.74) is 8.18. The van der Waals surface area contributed by atoms with Crippen molar-refractivity contribution in [1.82, 2.24) is 15.2 Å². The zero-order chi connectivity index (χ0) is 15.8. The number of benzene rings is 2. The number of para-hydroxylation sites is 1. The van der Waals surface area contributed by atoms with Crippen molar-refractivity contribution in [2.45, 2.75) is 0 Å². The maximum Gasteiger partial charge on any atom is 0.250 e. The van der Waals surface area contributed by atoms with Crippen LogP contribution in [0.3, 0.4) is 0 Å². The lowest BCUT2D eigenvalue weighted by molar-refractivity contribution is 0.415. The Balaban J connectivity index is 1.77. The number of nitrogens with zero attached hydrogens (tertiary/aromatic N) is 3. The monoisotopic (exact) mass is 324 g/mol. The standard InChI is InChI=1S/C16H12N4O2S/c1-21-10-7-5-9(6-8-10)14-19-20-15(22-14)11-3-2-4-12-13(11)18-16(17)23-12/h2-8H,1H3,(H2,17,18). The molecule has 0 aliphatic heterocycles. The van der Waals surface area contributed by atoms with E-state index in [4.69, 9.17) is 14.9 Å². The minimum atomic E-state index is 0.423. The summed E-state index contributed by atoms with van der Waals surface area (Å²) in [6, 6.07) is 13.2. The number of thiazole rings is 1. The molecule has 2 N–H and O–H groups in total. The molecule has 0 aliphatic carbocycles.